The Labute approximate surface area is 119 Å². The van der Waals surface area contributed by atoms with Crippen LogP contribution in [0.25, 0.3) is 0 Å². The van der Waals surface area contributed by atoms with Gasteiger partial charge in [0.1, 0.15) is 22.9 Å². The highest BCUT2D eigenvalue weighted by atomic mass is 35.5. The van der Waals surface area contributed by atoms with Gasteiger partial charge in [0.2, 0.25) is 0 Å². The Morgan fingerprint density at radius 2 is 2.05 bits per heavy atom. The van der Waals surface area contributed by atoms with Crippen molar-refractivity contribution in [3.8, 4) is 6.07 Å². The Morgan fingerprint density at radius 3 is 2.70 bits per heavy atom. The summed E-state index contributed by atoms with van der Waals surface area (Å²) in [5.41, 5.74) is -0.355. The van der Waals surface area contributed by atoms with Crippen LogP contribution in [0.15, 0.2) is 41.3 Å². The van der Waals surface area contributed by atoms with Gasteiger partial charge >= 0.3 is 0 Å². The highest BCUT2D eigenvalue weighted by molar-refractivity contribution is 7.92. The maximum absolute atomic E-state index is 13.2. The first-order chi connectivity index (χ1) is 9.42. The zero-order chi connectivity index (χ0) is 14.8. The van der Waals surface area contributed by atoms with Crippen molar-refractivity contribution in [2.75, 3.05) is 4.72 Å². The molecule has 0 atom stereocenters. The van der Waals surface area contributed by atoms with Gasteiger partial charge in [-0.25, -0.2) is 17.8 Å². The third-order valence-corrected chi connectivity index (χ3v) is 3.89. The maximum Gasteiger partial charge on any atom is 0.263 e. The molecule has 0 radical (unpaired) electrons. The van der Waals surface area contributed by atoms with Crippen LogP contribution in [0.1, 0.15) is 5.56 Å². The van der Waals surface area contributed by atoms with E-state index in [1.54, 1.807) is 6.07 Å². The van der Waals surface area contributed by atoms with E-state index >= 15 is 0 Å². The van der Waals surface area contributed by atoms with Crippen LogP contribution in [-0.4, -0.2) is 13.4 Å². The quantitative estimate of drug-likeness (QED) is 0.883. The second kappa shape index (κ2) is 5.45. The van der Waals surface area contributed by atoms with Crippen molar-refractivity contribution in [2.24, 2.45) is 0 Å². The first kappa shape index (κ1) is 14.2. The van der Waals surface area contributed by atoms with Crippen LogP contribution in [0, 0.1) is 17.1 Å². The van der Waals surface area contributed by atoms with Crippen LogP contribution >= 0.6 is 11.6 Å². The van der Waals surface area contributed by atoms with Gasteiger partial charge in [-0.3, -0.25) is 4.72 Å². The molecule has 1 heterocycles. The summed E-state index contributed by atoms with van der Waals surface area (Å²) in [5.74, 6) is -0.757. The number of aromatic nitrogens is 1. The molecule has 2 rings (SSSR count). The number of sulfonamides is 1. The highest BCUT2D eigenvalue weighted by Crippen LogP contribution is 2.18. The van der Waals surface area contributed by atoms with Crippen molar-refractivity contribution in [3.63, 3.8) is 0 Å². The van der Waals surface area contributed by atoms with Crippen molar-refractivity contribution >= 4 is 27.4 Å². The van der Waals surface area contributed by atoms with Gasteiger partial charge in [-0.2, -0.15) is 5.26 Å². The Bertz CT molecular complexity index is 803. The van der Waals surface area contributed by atoms with E-state index in [1.807, 2.05) is 0 Å². The predicted molar refractivity (Wildman–Crippen MR) is 71.2 cm³/mol. The minimum atomic E-state index is -3.97. The van der Waals surface area contributed by atoms with E-state index in [2.05, 4.69) is 9.71 Å². The van der Waals surface area contributed by atoms with Gasteiger partial charge in [0.05, 0.1) is 10.5 Å². The number of hydrogen-bond acceptors (Lipinski definition) is 4. The largest absolute Gasteiger partial charge is 0.263 e. The van der Waals surface area contributed by atoms with Gasteiger partial charge in [0.25, 0.3) is 10.0 Å². The number of hydrogen-bond donors (Lipinski definition) is 1. The van der Waals surface area contributed by atoms with E-state index in [0.717, 1.165) is 18.2 Å². The first-order valence-corrected chi connectivity index (χ1v) is 7.13. The second-order valence-corrected chi connectivity index (χ2v) is 5.77. The molecule has 2 aromatic rings. The summed E-state index contributed by atoms with van der Waals surface area (Å²) in [6.45, 7) is 0. The van der Waals surface area contributed by atoms with Gasteiger partial charge in [-0.05, 0) is 30.3 Å². The molecule has 0 saturated heterocycles. The van der Waals surface area contributed by atoms with Crippen molar-refractivity contribution in [1.82, 2.24) is 4.98 Å². The first-order valence-electron chi connectivity index (χ1n) is 5.27. The fourth-order valence-electron chi connectivity index (χ4n) is 1.42. The number of benzene rings is 1. The molecule has 1 aromatic carbocycles. The molecule has 20 heavy (non-hydrogen) atoms. The highest BCUT2D eigenvalue weighted by Gasteiger charge is 2.17. The molecular weight excluding hydrogens is 305 g/mol. The Morgan fingerprint density at radius 1 is 1.30 bits per heavy atom. The summed E-state index contributed by atoms with van der Waals surface area (Å²) in [6.07, 6.45) is 0. The van der Waals surface area contributed by atoms with Crippen molar-refractivity contribution in [2.45, 2.75) is 4.90 Å². The molecule has 1 N–H and O–H groups in total. The van der Waals surface area contributed by atoms with E-state index in [1.165, 1.54) is 18.2 Å². The van der Waals surface area contributed by atoms with Crippen molar-refractivity contribution < 1.29 is 12.8 Å². The molecular formula is C12H7ClFN3O2S. The van der Waals surface area contributed by atoms with E-state index in [4.69, 9.17) is 16.9 Å². The minimum absolute atomic E-state index is 0.0281. The van der Waals surface area contributed by atoms with E-state index in [9.17, 15) is 12.8 Å². The summed E-state index contributed by atoms with van der Waals surface area (Å²) in [5, 5.41) is 8.83. The molecule has 0 aliphatic carbocycles. The SMILES string of the molecule is N#Cc1cc(S(=O)(=O)Nc2cccc(Cl)n2)ccc1F. The molecule has 0 unspecified atom stereocenters. The smallest absolute Gasteiger partial charge is 0.263 e. The normalized spacial score (nSPS) is 10.8. The third-order valence-electron chi connectivity index (χ3n) is 2.32. The standard InChI is InChI=1S/C12H7ClFN3O2S/c13-11-2-1-3-12(16-11)17-20(18,19)9-4-5-10(14)8(6-9)7-15/h1-6H,(H,16,17). The van der Waals surface area contributed by atoms with Crippen LogP contribution in [-0.2, 0) is 10.0 Å². The van der Waals surface area contributed by atoms with Crippen LogP contribution in [0.2, 0.25) is 5.15 Å². The lowest BCUT2D eigenvalue weighted by Gasteiger charge is -2.07. The van der Waals surface area contributed by atoms with E-state index in [0.29, 0.717) is 0 Å². The van der Waals surface area contributed by atoms with Crippen LogP contribution < -0.4 is 4.72 Å². The van der Waals surface area contributed by atoms with Gasteiger partial charge in [-0.1, -0.05) is 17.7 Å². The number of rotatable bonds is 3. The topological polar surface area (TPSA) is 82.8 Å². The van der Waals surface area contributed by atoms with Crippen LogP contribution in [0.4, 0.5) is 10.2 Å². The predicted octanol–water partition coefficient (Wildman–Crippen LogP) is 2.55. The van der Waals surface area contributed by atoms with Gasteiger partial charge < -0.3 is 0 Å². The molecule has 0 fully saturated rings. The summed E-state index contributed by atoms with van der Waals surface area (Å²) >= 11 is 5.65. The Kier molecular flexibility index (Phi) is 3.88. The third kappa shape index (κ3) is 3.04. The zero-order valence-corrected chi connectivity index (χ0v) is 11.4. The summed E-state index contributed by atoms with van der Waals surface area (Å²) in [6, 6.07) is 8.93. The average molecular weight is 312 g/mol. The molecule has 0 spiro atoms. The van der Waals surface area contributed by atoms with Crippen molar-refractivity contribution in [3.05, 3.63) is 52.9 Å². The van der Waals surface area contributed by atoms with Gasteiger partial charge in [-0.15, -0.1) is 0 Å². The molecule has 1 aromatic heterocycles. The van der Waals surface area contributed by atoms with E-state index in [-0.39, 0.29) is 21.4 Å². The molecule has 0 aliphatic heterocycles. The number of anilines is 1. The lowest BCUT2D eigenvalue weighted by Crippen LogP contribution is -2.14. The molecule has 0 amide bonds. The van der Waals surface area contributed by atoms with Crippen molar-refractivity contribution in [1.29, 1.82) is 5.26 Å². The molecule has 0 saturated carbocycles. The number of nitrogens with one attached hydrogen (secondary N) is 1. The number of nitriles is 1. The van der Waals surface area contributed by atoms with E-state index < -0.39 is 15.8 Å². The second-order valence-electron chi connectivity index (χ2n) is 3.70. The maximum atomic E-state index is 13.2. The fraction of sp³-hybridized carbons (Fsp3) is 0. The minimum Gasteiger partial charge on any atom is -0.263 e. The monoisotopic (exact) mass is 311 g/mol. The summed E-state index contributed by atoms with van der Waals surface area (Å²) in [4.78, 5) is 3.54. The summed E-state index contributed by atoms with van der Waals surface area (Å²) < 4.78 is 39.5. The van der Waals surface area contributed by atoms with Crippen LogP contribution in [0.3, 0.4) is 0 Å². The van der Waals surface area contributed by atoms with Gasteiger partial charge in [0, 0.05) is 0 Å². The Hall–Kier alpha value is -2.17. The average Bonchev–Trinajstić information content (AvgIpc) is 2.38. The van der Waals surface area contributed by atoms with Gasteiger partial charge in [0.15, 0.2) is 0 Å². The fourth-order valence-corrected chi connectivity index (χ4v) is 2.61. The Balaban J connectivity index is 2.39. The number of nitrogens with zero attached hydrogens (tertiary/aromatic N) is 2. The molecule has 8 heteroatoms. The summed E-state index contributed by atoms with van der Waals surface area (Å²) in [7, 11) is -3.97. The molecule has 5 nitrogen and oxygen atoms in total. The lowest BCUT2D eigenvalue weighted by atomic mass is 10.2. The molecule has 0 aliphatic rings. The number of halogens is 2. The molecule has 0 bridgehead atoms. The molecule has 102 valence electrons. The lowest BCUT2D eigenvalue weighted by molar-refractivity contribution is 0.599. The number of pyridine rings is 1. The zero-order valence-electron chi connectivity index (χ0n) is 9.84. The van der Waals surface area contributed by atoms with Crippen LogP contribution in [0.5, 0.6) is 0 Å².